The van der Waals surface area contributed by atoms with Crippen LogP contribution in [-0.4, -0.2) is 31.4 Å². The molecule has 0 aromatic carbocycles. The Balaban J connectivity index is 1.40. The summed E-state index contributed by atoms with van der Waals surface area (Å²) in [4.78, 5) is 24.0. The van der Waals surface area contributed by atoms with Gasteiger partial charge in [0.1, 0.15) is 6.61 Å². The highest BCUT2D eigenvalue weighted by atomic mass is 16.7. The largest absolute Gasteiger partial charge is 0.463 e. The van der Waals surface area contributed by atoms with Crippen molar-refractivity contribution in [2.75, 3.05) is 13.2 Å². The van der Waals surface area contributed by atoms with Crippen molar-refractivity contribution >= 4 is 11.9 Å². The van der Waals surface area contributed by atoms with E-state index in [0.29, 0.717) is 5.57 Å². The lowest BCUT2D eigenvalue weighted by Crippen LogP contribution is -2.50. The molecule has 4 saturated carbocycles. The Morgan fingerprint density at radius 1 is 1.08 bits per heavy atom. The molecule has 0 aliphatic heterocycles. The van der Waals surface area contributed by atoms with Crippen LogP contribution in [0, 0.1) is 23.2 Å². The number of ether oxygens (including phenoxy) is 3. The minimum atomic E-state index is -0.674. The molecule has 4 aliphatic rings. The van der Waals surface area contributed by atoms with Crippen LogP contribution in [-0.2, 0) is 23.8 Å². The number of rotatable bonds is 7. The van der Waals surface area contributed by atoms with Crippen LogP contribution in [0.15, 0.2) is 12.2 Å². The van der Waals surface area contributed by atoms with E-state index in [4.69, 9.17) is 14.2 Å². The van der Waals surface area contributed by atoms with Crippen molar-refractivity contribution < 1.29 is 23.8 Å². The van der Waals surface area contributed by atoms with E-state index in [1.54, 1.807) is 13.8 Å². The third-order valence-electron chi connectivity index (χ3n) is 5.76. The van der Waals surface area contributed by atoms with Crippen LogP contribution in [0.4, 0.5) is 0 Å². The molecule has 4 fully saturated rings. The van der Waals surface area contributed by atoms with Gasteiger partial charge in [-0.15, -0.1) is 0 Å². The molecule has 24 heavy (non-hydrogen) atoms. The summed E-state index contributed by atoms with van der Waals surface area (Å²) in [5, 5.41) is 0. The topological polar surface area (TPSA) is 61.8 Å². The average molecular weight is 336 g/mol. The van der Waals surface area contributed by atoms with Crippen LogP contribution >= 0.6 is 0 Å². The lowest BCUT2D eigenvalue weighted by Gasteiger charge is -2.55. The van der Waals surface area contributed by atoms with Gasteiger partial charge in [0.25, 0.3) is 0 Å². The first-order chi connectivity index (χ1) is 11.4. The number of esters is 2. The zero-order valence-electron chi connectivity index (χ0n) is 14.7. The molecule has 5 heteroatoms. The quantitative estimate of drug-likeness (QED) is 0.309. The first-order valence-corrected chi connectivity index (χ1v) is 9.03. The highest BCUT2D eigenvalue weighted by Gasteiger charge is 2.55. The van der Waals surface area contributed by atoms with Gasteiger partial charge in [-0.25, -0.2) is 4.79 Å². The first kappa shape index (κ1) is 17.5. The van der Waals surface area contributed by atoms with Crippen LogP contribution in [0.3, 0.4) is 0 Å². The maximum atomic E-state index is 12.6. The molecule has 0 aromatic rings. The van der Waals surface area contributed by atoms with Crippen molar-refractivity contribution in [3.05, 3.63) is 12.2 Å². The van der Waals surface area contributed by atoms with Crippen molar-refractivity contribution in [3.63, 3.8) is 0 Å². The summed E-state index contributed by atoms with van der Waals surface area (Å²) in [6.45, 7) is 7.17. The predicted molar refractivity (Wildman–Crippen MR) is 87.9 cm³/mol. The summed E-state index contributed by atoms with van der Waals surface area (Å²) in [6, 6.07) is 0. The van der Waals surface area contributed by atoms with Gasteiger partial charge in [-0.1, -0.05) is 6.58 Å². The third kappa shape index (κ3) is 3.66. The van der Waals surface area contributed by atoms with E-state index >= 15 is 0 Å². The van der Waals surface area contributed by atoms with Gasteiger partial charge in [0.2, 0.25) is 6.29 Å². The van der Waals surface area contributed by atoms with E-state index < -0.39 is 12.3 Å². The Morgan fingerprint density at radius 2 is 1.62 bits per heavy atom. The minimum Gasteiger partial charge on any atom is -0.463 e. The fraction of sp³-hybridized carbons (Fsp3) is 0.789. The normalized spacial score (nSPS) is 34.7. The maximum absolute atomic E-state index is 12.6. The van der Waals surface area contributed by atoms with Crippen molar-refractivity contribution in [3.8, 4) is 0 Å². The second kappa shape index (κ2) is 6.87. The van der Waals surface area contributed by atoms with E-state index in [1.807, 2.05) is 0 Å². The van der Waals surface area contributed by atoms with E-state index in [1.165, 1.54) is 19.3 Å². The summed E-state index contributed by atoms with van der Waals surface area (Å²) in [7, 11) is 0. The molecule has 1 unspecified atom stereocenters. The number of hydrogen-bond acceptors (Lipinski definition) is 5. The predicted octanol–water partition coefficient (Wildman–Crippen LogP) is 3.23. The summed E-state index contributed by atoms with van der Waals surface area (Å²) in [5.41, 5.74) is 0.103. The van der Waals surface area contributed by atoms with E-state index in [-0.39, 0.29) is 24.6 Å². The third-order valence-corrected chi connectivity index (χ3v) is 5.76. The molecule has 0 aromatic heterocycles. The first-order valence-electron chi connectivity index (χ1n) is 9.03. The summed E-state index contributed by atoms with van der Waals surface area (Å²) in [6.07, 6.45) is 6.26. The molecule has 4 bridgehead atoms. The van der Waals surface area contributed by atoms with Crippen molar-refractivity contribution in [1.29, 1.82) is 0 Å². The summed E-state index contributed by atoms with van der Waals surface area (Å²) >= 11 is 0. The molecule has 0 amide bonds. The Hall–Kier alpha value is -1.36. The maximum Gasteiger partial charge on any atom is 0.335 e. The number of carbonyl (C=O) groups excluding carboxylic acids is 2. The van der Waals surface area contributed by atoms with E-state index in [9.17, 15) is 9.59 Å². The van der Waals surface area contributed by atoms with Crippen molar-refractivity contribution in [1.82, 2.24) is 0 Å². The van der Waals surface area contributed by atoms with Gasteiger partial charge < -0.3 is 14.2 Å². The Bertz CT molecular complexity index is 489. The Morgan fingerprint density at radius 3 is 2.12 bits per heavy atom. The second-order valence-corrected chi connectivity index (χ2v) is 7.96. The van der Waals surface area contributed by atoms with Gasteiger partial charge in [0.05, 0.1) is 12.0 Å². The molecule has 4 rings (SSSR count). The Kier molecular flexibility index (Phi) is 5.00. The van der Waals surface area contributed by atoms with Crippen LogP contribution in [0.5, 0.6) is 0 Å². The van der Waals surface area contributed by atoms with E-state index in [2.05, 4.69) is 6.58 Å². The lowest BCUT2D eigenvalue weighted by atomic mass is 9.49. The lowest BCUT2D eigenvalue weighted by molar-refractivity contribution is -0.182. The molecule has 4 aliphatic carbocycles. The van der Waals surface area contributed by atoms with Crippen LogP contribution in [0.25, 0.3) is 0 Å². The molecule has 0 N–H and O–H groups in total. The van der Waals surface area contributed by atoms with Crippen LogP contribution in [0.1, 0.15) is 52.4 Å². The smallest absolute Gasteiger partial charge is 0.335 e. The SMILES string of the molecule is C=C(C)C(=O)OC(C)OCCOC(=O)C12CC3CC(CC(C3)C1)C2. The van der Waals surface area contributed by atoms with Gasteiger partial charge in [0.15, 0.2) is 0 Å². The van der Waals surface area contributed by atoms with Gasteiger partial charge in [-0.2, -0.15) is 0 Å². The summed E-state index contributed by atoms with van der Waals surface area (Å²) in [5.74, 6) is 1.65. The van der Waals surface area contributed by atoms with Gasteiger partial charge in [-0.3, -0.25) is 4.79 Å². The molecule has 0 radical (unpaired) electrons. The molecule has 0 spiro atoms. The molecular weight excluding hydrogens is 308 g/mol. The number of hydrogen-bond donors (Lipinski definition) is 0. The monoisotopic (exact) mass is 336 g/mol. The average Bonchev–Trinajstić information content (AvgIpc) is 2.49. The van der Waals surface area contributed by atoms with E-state index in [0.717, 1.165) is 37.0 Å². The zero-order chi connectivity index (χ0) is 17.3. The molecule has 0 saturated heterocycles. The molecule has 134 valence electrons. The Labute approximate surface area is 143 Å². The molecule has 0 heterocycles. The zero-order valence-corrected chi connectivity index (χ0v) is 14.7. The second-order valence-electron chi connectivity index (χ2n) is 7.96. The van der Waals surface area contributed by atoms with Crippen LogP contribution < -0.4 is 0 Å². The summed E-state index contributed by atoms with van der Waals surface area (Å²) < 4.78 is 15.9. The fourth-order valence-corrected chi connectivity index (χ4v) is 5.15. The van der Waals surface area contributed by atoms with Crippen molar-refractivity contribution in [2.45, 2.75) is 58.7 Å². The standard InChI is InChI=1S/C19H28O5/c1-12(2)17(20)24-13(3)22-4-5-23-18(21)19-9-14-6-15(10-19)8-16(7-14)11-19/h13-16H,1,4-11H2,2-3H3. The molecule has 1 atom stereocenters. The molecule has 5 nitrogen and oxygen atoms in total. The minimum absolute atomic E-state index is 0.0446. The van der Waals surface area contributed by atoms with Crippen LogP contribution in [0.2, 0.25) is 0 Å². The van der Waals surface area contributed by atoms with Gasteiger partial charge in [0, 0.05) is 5.57 Å². The van der Waals surface area contributed by atoms with Gasteiger partial charge >= 0.3 is 11.9 Å². The highest BCUT2D eigenvalue weighted by Crippen LogP contribution is 2.60. The molecular formula is C19H28O5. The van der Waals surface area contributed by atoms with Crippen molar-refractivity contribution in [2.24, 2.45) is 23.2 Å². The van der Waals surface area contributed by atoms with Gasteiger partial charge in [-0.05, 0) is 70.1 Å². The fourth-order valence-electron chi connectivity index (χ4n) is 5.15. The number of carbonyl (C=O) groups is 2. The highest BCUT2D eigenvalue weighted by molar-refractivity contribution is 5.86.